The Morgan fingerprint density at radius 2 is 1.74 bits per heavy atom. The van der Waals surface area contributed by atoms with Gasteiger partial charge in [0, 0.05) is 7.05 Å². The van der Waals surface area contributed by atoms with Crippen LogP contribution in [0.4, 0.5) is 0 Å². The van der Waals surface area contributed by atoms with Crippen molar-refractivity contribution in [3.63, 3.8) is 0 Å². The number of aromatic nitrogens is 3. The predicted octanol–water partition coefficient (Wildman–Crippen LogP) is 4.05. The van der Waals surface area contributed by atoms with Gasteiger partial charge in [-0.05, 0) is 23.7 Å². The highest BCUT2D eigenvalue weighted by Gasteiger charge is 2.34. The number of aryl methyl sites for hydroxylation is 1. The summed E-state index contributed by atoms with van der Waals surface area (Å²) in [6.07, 6.45) is 1.08. The van der Waals surface area contributed by atoms with E-state index in [4.69, 9.17) is 9.16 Å². The maximum absolute atomic E-state index is 6.53. The van der Waals surface area contributed by atoms with E-state index in [1.807, 2.05) is 25.2 Å². The van der Waals surface area contributed by atoms with Crippen molar-refractivity contribution in [2.45, 2.75) is 51.8 Å². The van der Waals surface area contributed by atoms with Gasteiger partial charge in [0.15, 0.2) is 14.1 Å². The first-order chi connectivity index (χ1) is 11.1. The topological polar surface area (TPSA) is 49.2 Å². The second-order valence-electron chi connectivity index (χ2n) is 5.73. The Kier molecular flexibility index (Phi) is 6.50. The van der Waals surface area contributed by atoms with Crippen LogP contribution in [0, 0.1) is 0 Å². The minimum Gasteiger partial charge on any atom is -0.386 e. The lowest BCUT2D eigenvalue weighted by Gasteiger charge is -2.32. The van der Waals surface area contributed by atoms with Gasteiger partial charge >= 0.3 is 0 Å². The van der Waals surface area contributed by atoms with Crippen LogP contribution in [0.5, 0.6) is 0 Å². The highest BCUT2D eigenvalue weighted by Crippen LogP contribution is 2.30. The highest BCUT2D eigenvalue weighted by molar-refractivity contribution is 6.73. The first-order valence-electron chi connectivity index (χ1n) is 8.31. The predicted molar refractivity (Wildman–Crippen MR) is 93.3 cm³/mol. The van der Waals surface area contributed by atoms with Crippen molar-refractivity contribution in [2.24, 2.45) is 7.05 Å². The SMILES string of the molecule is CC[Si](CC)(CC)OC(OCc1ccccc1)c1ncnn1C. The van der Waals surface area contributed by atoms with Gasteiger partial charge in [-0.15, -0.1) is 0 Å². The lowest BCUT2D eigenvalue weighted by molar-refractivity contribution is -0.107. The number of hydrogen-bond acceptors (Lipinski definition) is 4. The first kappa shape index (κ1) is 17.8. The number of rotatable bonds is 9. The van der Waals surface area contributed by atoms with Gasteiger partial charge < -0.3 is 9.16 Å². The van der Waals surface area contributed by atoms with E-state index in [0.29, 0.717) is 6.61 Å². The molecule has 0 amide bonds. The summed E-state index contributed by atoms with van der Waals surface area (Å²) in [5.74, 6) is 0.730. The molecule has 1 atom stereocenters. The average Bonchev–Trinajstić information content (AvgIpc) is 3.03. The normalized spacial score (nSPS) is 13.2. The molecule has 2 aromatic rings. The van der Waals surface area contributed by atoms with Gasteiger partial charge in [0.25, 0.3) is 0 Å². The second-order valence-corrected chi connectivity index (χ2v) is 10.5. The van der Waals surface area contributed by atoms with Gasteiger partial charge in [-0.25, -0.2) is 9.67 Å². The number of hydrogen-bond donors (Lipinski definition) is 0. The standard InChI is InChI=1S/C17H27N3O2Si/c1-5-23(6-2,7-3)22-17(16-18-14-19-20(16)4)21-13-15-11-9-8-10-12-15/h8-12,14,17H,5-7,13H2,1-4H3. The van der Waals surface area contributed by atoms with Crippen molar-refractivity contribution < 1.29 is 9.16 Å². The minimum absolute atomic E-state index is 0.464. The molecule has 0 aliphatic heterocycles. The lowest BCUT2D eigenvalue weighted by atomic mass is 10.2. The van der Waals surface area contributed by atoms with Crippen LogP contribution in [0.15, 0.2) is 36.7 Å². The Morgan fingerprint density at radius 1 is 1.09 bits per heavy atom. The Labute approximate surface area is 139 Å². The fourth-order valence-electron chi connectivity index (χ4n) is 2.65. The molecule has 1 aromatic heterocycles. The van der Waals surface area contributed by atoms with E-state index in [9.17, 15) is 0 Å². The molecule has 6 heteroatoms. The largest absolute Gasteiger partial charge is 0.386 e. The van der Waals surface area contributed by atoms with Crippen molar-refractivity contribution in [3.8, 4) is 0 Å². The van der Waals surface area contributed by atoms with Crippen molar-refractivity contribution in [1.29, 1.82) is 0 Å². The molecule has 0 bridgehead atoms. The van der Waals surface area contributed by atoms with Gasteiger partial charge in [0.2, 0.25) is 6.29 Å². The molecule has 0 saturated heterocycles. The summed E-state index contributed by atoms with van der Waals surface area (Å²) in [6.45, 7) is 7.14. The molecule has 126 valence electrons. The van der Waals surface area contributed by atoms with E-state index in [1.54, 1.807) is 11.0 Å². The number of benzene rings is 1. The molecule has 0 N–H and O–H groups in total. The smallest absolute Gasteiger partial charge is 0.210 e. The van der Waals surface area contributed by atoms with E-state index in [1.165, 1.54) is 0 Å². The number of ether oxygens (including phenoxy) is 1. The third-order valence-corrected chi connectivity index (χ3v) is 9.07. The molecule has 0 fully saturated rings. The summed E-state index contributed by atoms with van der Waals surface area (Å²) in [7, 11) is 0.0688. The molecule has 5 nitrogen and oxygen atoms in total. The third-order valence-electron chi connectivity index (χ3n) is 4.49. The summed E-state index contributed by atoms with van der Waals surface area (Å²) >= 11 is 0. The fraction of sp³-hybridized carbons (Fsp3) is 0.529. The molecule has 0 spiro atoms. The van der Waals surface area contributed by atoms with E-state index in [2.05, 4.69) is 43.0 Å². The van der Waals surface area contributed by atoms with Gasteiger partial charge in [-0.2, -0.15) is 5.10 Å². The molecule has 1 heterocycles. The number of nitrogens with zero attached hydrogens (tertiary/aromatic N) is 3. The van der Waals surface area contributed by atoms with Crippen molar-refractivity contribution in [2.75, 3.05) is 0 Å². The Balaban J connectivity index is 2.17. The van der Waals surface area contributed by atoms with E-state index in [-0.39, 0.29) is 0 Å². The van der Waals surface area contributed by atoms with Gasteiger partial charge in [-0.1, -0.05) is 51.1 Å². The fourth-order valence-corrected chi connectivity index (χ4v) is 5.28. The van der Waals surface area contributed by atoms with Crippen molar-refractivity contribution in [3.05, 3.63) is 48.0 Å². The summed E-state index contributed by atoms with van der Waals surface area (Å²) in [6, 6.07) is 13.4. The average molecular weight is 334 g/mol. The lowest BCUT2D eigenvalue weighted by Crippen LogP contribution is -2.38. The van der Waals surface area contributed by atoms with E-state index >= 15 is 0 Å². The van der Waals surface area contributed by atoms with Crippen LogP contribution in [-0.2, 0) is 22.8 Å². The van der Waals surface area contributed by atoms with Crippen LogP contribution < -0.4 is 0 Å². The molecule has 2 rings (SSSR count). The summed E-state index contributed by atoms with van der Waals surface area (Å²) in [5.41, 5.74) is 1.13. The molecule has 0 radical (unpaired) electrons. The van der Waals surface area contributed by atoms with Crippen LogP contribution in [0.1, 0.15) is 38.4 Å². The summed E-state index contributed by atoms with van der Waals surface area (Å²) in [5, 5.41) is 4.16. The maximum Gasteiger partial charge on any atom is 0.210 e. The Hall–Kier alpha value is -1.50. The Bertz CT molecular complexity index is 576. The zero-order valence-corrected chi connectivity index (χ0v) is 15.5. The van der Waals surface area contributed by atoms with Crippen molar-refractivity contribution >= 4 is 8.32 Å². The van der Waals surface area contributed by atoms with Crippen LogP contribution in [0.2, 0.25) is 18.1 Å². The maximum atomic E-state index is 6.53. The molecular weight excluding hydrogens is 306 g/mol. The minimum atomic E-state index is -1.80. The molecule has 0 aliphatic rings. The van der Waals surface area contributed by atoms with Gasteiger partial charge in [0.05, 0.1) is 6.61 Å². The molecule has 1 aromatic carbocycles. The molecule has 0 aliphatic carbocycles. The van der Waals surface area contributed by atoms with Crippen molar-refractivity contribution in [1.82, 2.24) is 14.8 Å². The zero-order chi connectivity index (χ0) is 16.7. The second kappa shape index (κ2) is 8.38. The molecular formula is C17H27N3O2Si. The zero-order valence-electron chi connectivity index (χ0n) is 14.5. The quantitative estimate of drug-likeness (QED) is 0.513. The molecule has 23 heavy (non-hydrogen) atoms. The van der Waals surface area contributed by atoms with Crippen LogP contribution in [0.25, 0.3) is 0 Å². The van der Waals surface area contributed by atoms with Gasteiger partial charge in [-0.3, -0.25) is 0 Å². The monoisotopic (exact) mass is 333 g/mol. The first-order valence-corrected chi connectivity index (χ1v) is 10.8. The summed E-state index contributed by atoms with van der Waals surface area (Å²) < 4.78 is 14.4. The molecule has 0 saturated carbocycles. The van der Waals surface area contributed by atoms with Crippen LogP contribution in [0.3, 0.4) is 0 Å². The van der Waals surface area contributed by atoms with Gasteiger partial charge in [0.1, 0.15) is 6.33 Å². The van der Waals surface area contributed by atoms with E-state index in [0.717, 1.165) is 29.5 Å². The Morgan fingerprint density at radius 3 is 2.26 bits per heavy atom. The highest BCUT2D eigenvalue weighted by atomic mass is 28.4. The third kappa shape index (κ3) is 4.50. The van der Waals surface area contributed by atoms with Crippen LogP contribution >= 0.6 is 0 Å². The van der Waals surface area contributed by atoms with Crippen LogP contribution in [-0.4, -0.2) is 23.1 Å². The molecule has 1 unspecified atom stereocenters. The van der Waals surface area contributed by atoms with E-state index < -0.39 is 14.6 Å². The summed E-state index contributed by atoms with van der Waals surface area (Å²) in [4.78, 5) is 4.34.